The Morgan fingerprint density at radius 3 is 2.20 bits per heavy atom. The molecule has 0 amide bonds. The van der Waals surface area contributed by atoms with E-state index in [0.29, 0.717) is 6.04 Å². The van der Waals surface area contributed by atoms with Crippen molar-refractivity contribution < 1.29 is 9.31 Å². The molecule has 3 nitrogen and oxygen atoms in total. The molecule has 110 valence electrons. The molecular formula is C15H23BClNO2. The summed E-state index contributed by atoms with van der Waals surface area (Å²) in [5.41, 5.74) is 0.310. The maximum absolute atomic E-state index is 6.41. The van der Waals surface area contributed by atoms with Crippen LogP contribution in [0.25, 0.3) is 0 Å². The van der Waals surface area contributed by atoms with E-state index in [-0.39, 0.29) is 18.3 Å². The molecule has 0 atom stereocenters. The van der Waals surface area contributed by atoms with Gasteiger partial charge < -0.3 is 13.9 Å². The Morgan fingerprint density at radius 2 is 1.65 bits per heavy atom. The highest BCUT2D eigenvalue weighted by Crippen LogP contribution is 2.37. The van der Waals surface area contributed by atoms with E-state index in [4.69, 9.17) is 20.9 Å². The van der Waals surface area contributed by atoms with Crippen LogP contribution in [0.2, 0.25) is 5.02 Å². The zero-order valence-electron chi connectivity index (χ0n) is 12.8. The Hall–Kier alpha value is -0.445. The lowest BCUT2D eigenvalue weighted by Gasteiger charge is -2.32. The van der Waals surface area contributed by atoms with Crippen molar-refractivity contribution in [2.24, 2.45) is 0 Å². The van der Waals surface area contributed by atoms with Gasteiger partial charge in [-0.15, -0.1) is 0 Å². The van der Waals surface area contributed by atoms with E-state index in [0.717, 1.165) is 10.5 Å². The van der Waals surface area contributed by atoms with Gasteiger partial charge in [0.1, 0.15) is 0 Å². The van der Waals surface area contributed by atoms with Gasteiger partial charge in [0.05, 0.1) is 16.2 Å². The highest BCUT2D eigenvalue weighted by Gasteiger charge is 2.52. The molecule has 2 aliphatic rings. The lowest BCUT2D eigenvalue weighted by Crippen LogP contribution is -2.41. The van der Waals surface area contributed by atoms with Crippen LogP contribution < -0.4 is 5.46 Å². The summed E-state index contributed by atoms with van der Waals surface area (Å²) in [7, 11) is -0.366. The second-order valence-electron chi connectivity index (χ2n) is 7.04. The first-order valence-corrected chi connectivity index (χ1v) is 7.90. The number of rotatable bonds is 2. The molecule has 0 radical (unpaired) electrons. The Bertz CT molecular complexity index is 490. The zero-order valence-corrected chi connectivity index (χ0v) is 13.5. The minimum atomic E-state index is -0.366. The summed E-state index contributed by atoms with van der Waals surface area (Å²) in [5.74, 6) is 0. The second-order valence-corrected chi connectivity index (χ2v) is 7.44. The molecule has 0 N–H and O–H groups in total. The average Bonchev–Trinajstić information content (AvgIpc) is 2.98. The quantitative estimate of drug-likeness (QED) is 0.779. The summed E-state index contributed by atoms with van der Waals surface area (Å²) in [4.78, 5) is 0. The fourth-order valence-corrected chi connectivity index (χ4v) is 3.27. The van der Waals surface area contributed by atoms with Gasteiger partial charge in [-0.25, -0.2) is 0 Å². The van der Waals surface area contributed by atoms with Gasteiger partial charge in [-0.2, -0.15) is 0 Å². The lowest BCUT2D eigenvalue weighted by atomic mass is 9.81. The van der Waals surface area contributed by atoms with Crippen molar-refractivity contribution in [2.45, 2.75) is 70.6 Å². The topological polar surface area (TPSA) is 23.4 Å². The van der Waals surface area contributed by atoms with Crippen LogP contribution in [0.15, 0.2) is 12.4 Å². The van der Waals surface area contributed by atoms with Gasteiger partial charge >= 0.3 is 7.12 Å². The number of hydrogen-bond acceptors (Lipinski definition) is 2. The maximum atomic E-state index is 6.41. The summed E-state index contributed by atoms with van der Waals surface area (Å²) in [6.45, 7) is 8.26. The Morgan fingerprint density at radius 1 is 1.10 bits per heavy atom. The molecule has 1 aromatic heterocycles. The maximum Gasteiger partial charge on any atom is 0.497 e. The van der Waals surface area contributed by atoms with E-state index in [1.54, 1.807) is 0 Å². The minimum Gasteiger partial charge on any atom is -0.399 e. The van der Waals surface area contributed by atoms with Crippen molar-refractivity contribution in [1.82, 2.24) is 4.57 Å². The van der Waals surface area contributed by atoms with Crippen molar-refractivity contribution >= 4 is 24.2 Å². The van der Waals surface area contributed by atoms with Crippen molar-refractivity contribution in [3.63, 3.8) is 0 Å². The Kier molecular flexibility index (Phi) is 3.47. The Labute approximate surface area is 126 Å². The number of aromatic nitrogens is 1. The number of hydrogen-bond donors (Lipinski definition) is 0. The van der Waals surface area contributed by atoms with Gasteiger partial charge in [0, 0.05) is 23.9 Å². The molecule has 3 rings (SSSR count). The molecule has 1 aliphatic heterocycles. The van der Waals surface area contributed by atoms with Crippen LogP contribution in [0.1, 0.15) is 59.4 Å². The first-order valence-electron chi connectivity index (χ1n) is 7.53. The molecule has 0 spiro atoms. The zero-order chi connectivity index (χ0) is 14.5. The summed E-state index contributed by atoms with van der Waals surface area (Å²) in [5, 5.41) is 0.746. The highest BCUT2D eigenvalue weighted by molar-refractivity contribution is 6.65. The lowest BCUT2D eigenvalue weighted by molar-refractivity contribution is 0.00578. The van der Waals surface area contributed by atoms with Gasteiger partial charge in [0.2, 0.25) is 0 Å². The molecule has 2 fully saturated rings. The van der Waals surface area contributed by atoms with Crippen molar-refractivity contribution in [1.29, 1.82) is 0 Å². The van der Waals surface area contributed by atoms with E-state index in [9.17, 15) is 0 Å². The summed E-state index contributed by atoms with van der Waals surface area (Å²) >= 11 is 6.41. The fraction of sp³-hybridized carbons (Fsp3) is 0.733. The molecule has 0 unspecified atom stereocenters. The van der Waals surface area contributed by atoms with E-state index in [1.807, 2.05) is 6.20 Å². The van der Waals surface area contributed by atoms with Crippen LogP contribution in [0.4, 0.5) is 0 Å². The average molecular weight is 296 g/mol. The third-order valence-corrected chi connectivity index (χ3v) is 5.40. The molecule has 5 heteroatoms. The van der Waals surface area contributed by atoms with Crippen LogP contribution in [0.5, 0.6) is 0 Å². The monoisotopic (exact) mass is 295 g/mol. The molecule has 2 heterocycles. The van der Waals surface area contributed by atoms with E-state index >= 15 is 0 Å². The van der Waals surface area contributed by atoms with Gasteiger partial charge in [-0.1, -0.05) is 24.4 Å². The minimum absolute atomic E-state index is 0.323. The van der Waals surface area contributed by atoms with Gasteiger partial charge in [0.15, 0.2) is 0 Å². The van der Waals surface area contributed by atoms with Gasteiger partial charge in [-0.05, 0) is 40.5 Å². The third-order valence-electron chi connectivity index (χ3n) is 5.08. The third kappa shape index (κ3) is 2.32. The van der Waals surface area contributed by atoms with Gasteiger partial charge in [0.25, 0.3) is 0 Å². The van der Waals surface area contributed by atoms with Crippen LogP contribution in [-0.4, -0.2) is 22.9 Å². The first-order chi connectivity index (χ1) is 9.30. The fourth-order valence-electron chi connectivity index (χ4n) is 3.02. The SMILES string of the molecule is CC1(C)OB(c2cn(C3CCCC3)cc2Cl)OC1(C)C. The molecule has 1 saturated carbocycles. The van der Waals surface area contributed by atoms with E-state index in [2.05, 4.69) is 38.5 Å². The normalized spacial score (nSPS) is 25.6. The van der Waals surface area contributed by atoms with Crippen molar-refractivity contribution in [2.75, 3.05) is 0 Å². The summed E-state index contributed by atoms with van der Waals surface area (Å²) in [6, 6.07) is 0.587. The van der Waals surface area contributed by atoms with Crippen molar-refractivity contribution in [3.8, 4) is 0 Å². The highest BCUT2D eigenvalue weighted by atomic mass is 35.5. The molecule has 20 heavy (non-hydrogen) atoms. The second kappa shape index (κ2) is 4.79. The van der Waals surface area contributed by atoms with Crippen LogP contribution in [-0.2, 0) is 9.31 Å². The Balaban J connectivity index is 1.85. The first kappa shape index (κ1) is 14.5. The van der Waals surface area contributed by atoms with E-state index in [1.165, 1.54) is 25.7 Å². The standard InChI is InChI=1S/C15H23BClNO2/c1-14(2)15(3,4)20-16(19-14)12-9-18(10-13(12)17)11-7-5-6-8-11/h9-11H,5-8H2,1-4H3. The predicted molar refractivity (Wildman–Crippen MR) is 82.7 cm³/mol. The molecule has 0 aromatic carbocycles. The smallest absolute Gasteiger partial charge is 0.399 e. The molecule has 1 aromatic rings. The summed E-state index contributed by atoms with van der Waals surface area (Å²) in [6.07, 6.45) is 9.25. The van der Waals surface area contributed by atoms with Gasteiger partial charge in [-0.3, -0.25) is 0 Å². The van der Waals surface area contributed by atoms with Crippen LogP contribution >= 0.6 is 11.6 Å². The number of nitrogens with zero attached hydrogens (tertiary/aromatic N) is 1. The molecular weight excluding hydrogens is 272 g/mol. The molecule has 1 saturated heterocycles. The molecule has 1 aliphatic carbocycles. The van der Waals surface area contributed by atoms with Crippen LogP contribution in [0, 0.1) is 0 Å². The van der Waals surface area contributed by atoms with Crippen molar-refractivity contribution in [3.05, 3.63) is 17.4 Å². The summed E-state index contributed by atoms with van der Waals surface area (Å²) < 4.78 is 14.4. The van der Waals surface area contributed by atoms with Crippen LogP contribution in [0.3, 0.4) is 0 Å². The van der Waals surface area contributed by atoms with E-state index < -0.39 is 0 Å². The largest absolute Gasteiger partial charge is 0.497 e. The number of halogens is 1. The predicted octanol–water partition coefficient (Wildman–Crippen LogP) is 3.56. The molecule has 0 bridgehead atoms.